The lowest BCUT2D eigenvalue weighted by Crippen LogP contribution is -2.17. The molecule has 2 aromatic heterocycles. The molecule has 4 nitrogen and oxygen atoms in total. The minimum absolute atomic E-state index is 0.478. The maximum Gasteiger partial charge on any atom is 0.0897 e. The van der Waals surface area contributed by atoms with Gasteiger partial charge in [-0.1, -0.05) is 6.92 Å². The molecule has 2 heterocycles. The van der Waals surface area contributed by atoms with Gasteiger partial charge in [-0.25, -0.2) is 4.98 Å². The molecular weight excluding hydrogens is 256 g/mol. The minimum Gasteiger partial charge on any atom is -0.311 e. The molecule has 1 N–H and O–H groups in total. The molecule has 2 rings (SSSR count). The van der Waals surface area contributed by atoms with E-state index in [4.69, 9.17) is 0 Å². The lowest BCUT2D eigenvalue weighted by Gasteiger charge is -2.08. The normalized spacial score (nSPS) is 12.8. The lowest BCUT2D eigenvalue weighted by molar-refractivity contribution is 0.471. The second-order valence-corrected chi connectivity index (χ2v) is 5.89. The molecule has 0 saturated heterocycles. The number of hydrogen-bond acceptors (Lipinski definition) is 4. The molecule has 0 radical (unpaired) electrons. The Hall–Kier alpha value is -1.20. The Labute approximate surface area is 118 Å². The van der Waals surface area contributed by atoms with E-state index < -0.39 is 0 Å². The molecule has 19 heavy (non-hydrogen) atoms. The van der Waals surface area contributed by atoms with Gasteiger partial charge in [0.25, 0.3) is 0 Å². The van der Waals surface area contributed by atoms with Crippen molar-refractivity contribution in [2.75, 3.05) is 6.54 Å². The third-order valence-electron chi connectivity index (χ3n) is 3.24. The van der Waals surface area contributed by atoms with Gasteiger partial charge in [-0.05, 0) is 26.3 Å². The van der Waals surface area contributed by atoms with Crippen LogP contribution in [0.1, 0.15) is 42.7 Å². The predicted octanol–water partition coefficient (Wildman–Crippen LogP) is 2.95. The Morgan fingerprint density at radius 2 is 2.26 bits per heavy atom. The van der Waals surface area contributed by atoms with Crippen LogP contribution in [0.25, 0.3) is 0 Å². The minimum atomic E-state index is 0.478. The van der Waals surface area contributed by atoms with E-state index in [1.165, 1.54) is 5.69 Å². The van der Waals surface area contributed by atoms with E-state index in [0.29, 0.717) is 6.04 Å². The van der Waals surface area contributed by atoms with Crippen LogP contribution in [0.3, 0.4) is 0 Å². The summed E-state index contributed by atoms with van der Waals surface area (Å²) < 4.78 is 2.04. The molecule has 5 heteroatoms. The van der Waals surface area contributed by atoms with Gasteiger partial charge in [-0.2, -0.15) is 5.10 Å². The zero-order chi connectivity index (χ0) is 13.7. The summed E-state index contributed by atoms with van der Waals surface area (Å²) in [6.07, 6.45) is 4.16. The summed E-state index contributed by atoms with van der Waals surface area (Å²) in [4.78, 5) is 4.45. The fourth-order valence-electron chi connectivity index (χ4n) is 1.86. The first-order chi connectivity index (χ1) is 9.19. The highest BCUT2D eigenvalue weighted by molar-refractivity contribution is 7.09. The van der Waals surface area contributed by atoms with Gasteiger partial charge in [0.15, 0.2) is 0 Å². The fourth-order valence-corrected chi connectivity index (χ4v) is 2.51. The lowest BCUT2D eigenvalue weighted by atomic mass is 10.3. The summed E-state index contributed by atoms with van der Waals surface area (Å²) in [6, 6.07) is 2.57. The molecule has 2 aromatic rings. The number of aromatic nitrogens is 3. The molecule has 0 spiro atoms. The topological polar surface area (TPSA) is 42.7 Å². The standard InChI is InChI=1S/C14H22N4S/c1-4-11(2)18-8-6-13(17-18)9-15-7-5-14-10-19-12(3)16-14/h6,8,10-11,15H,4-5,7,9H2,1-3H3. The second kappa shape index (κ2) is 6.82. The molecule has 0 aliphatic rings. The largest absolute Gasteiger partial charge is 0.311 e. The zero-order valence-corrected chi connectivity index (χ0v) is 12.7. The number of thiazole rings is 1. The van der Waals surface area contributed by atoms with Crippen molar-refractivity contribution in [3.05, 3.63) is 34.0 Å². The fraction of sp³-hybridized carbons (Fsp3) is 0.571. The average Bonchev–Trinajstić information content (AvgIpc) is 3.03. The number of aryl methyl sites for hydroxylation is 1. The first-order valence-electron chi connectivity index (χ1n) is 6.84. The number of rotatable bonds is 7. The third-order valence-corrected chi connectivity index (χ3v) is 4.06. The Bertz CT molecular complexity index is 503. The zero-order valence-electron chi connectivity index (χ0n) is 11.9. The summed E-state index contributed by atoms with van der Waals surface area (Å²) in [5, 5.41) is 11.3. The van der Waals surface area contributed by atoms with Crippen LogP contribution in [0.4, 0.5) is 0 Å². The maximum atomic E-state index is 4.57. The van der Waals surface area contributed by atoms with Gasteiger partial charge in [0.1, 0.15) is 0 Å². The van der Waals surface area contributed by atoms with E-state index in [1.54, 1.807) is 11.3 Å². The Kier molecular flexibility index (Phi) is 5.10. The maximum absolute atomic E-state index is 4.57. The predicted molar refractivity (Wildman–Crippen MR) is 79.5 cm³/mol. The Morgan fingerprint density at radius 1 is 1.42 bits per heavy atom. The summed E-state index contributed by atoms with van der Waals surface area (Å²) in [5.41, 5.74) is 2.29. The number of nitrogens with one attached hydrogen (secondary N) is 1. The van der Waals surface area contributed by atoms with Gasteiger partial charge < -0.3 is 5.32 Å². The van der Waals surface area contributed by atoms with E-state index >= 15 is 0 Å². The molecule has 0 aliphatic heterocycles. The van der Waals surface area contributed by atoms with Crippen molar-refractivity contribution in [2.24, 2.45) is 0 Å². The van der Waals surface area contributed by atoms with Gasteiger partial charge in [-0.15, -0.1) is 11.3 Å². The van der Waals surface area contributed by atoms with E-state index in [9.17, 15) is 0 Å². The van der Waals surface area contributed by atoms with Crippen LogP contribution in [0.15, 0.2) is 17.6 Å². The molecule has 0 bridgehead atoms. The van der Waals surface area contributed by atoms with E-state index in [0.717, 1.165) is 36.6 Å². The molecule has 1 atom stereocenters. The van der Waals surface area contributed by atoms with Crippen LogP contribution < -0.4 is 5.32 Å². The van der Waals surface area contributed by atoms with E-state index in [-0.39, 0.29) is 0 Å². The molecule has 0 aromatic carbocycles. The van der Waals surface area contributed by atoms with Crippen molar-refractivity contribution in [3.63, 3.8) is 0 Å². The molecule has 0 aliphatic carbocycles. The average molecular weight is 278 g/mol. The second-order valence-electron chi connectivity index (χ2n) is 4.83. The summed E-state index contributed by atoms with van der Waals surface area (Å²) in [6.45, 7) is 8.18. The monoisotopic (exact) mass is 278 g/mol. The van der Waals surface area contributed by atoms with Crippen LogP contribution >= 0.6 is 11.3 Å². The summed E-state index contributed by atoms with van der Waals surface area (Å²) in [5.74, 6) is 0. The molecular formula is C14H22N4S. The van der Waals surface area contributed by atoms with E-state index in [1.807, 2.05) is 11.6 Å². The number of hydrogen-bond donors (Lipinski definition) is 1. The third kappa shape index (κ3) is 4.14. The van der Waals surface area contributed by atoms with Gasteiger partial charge >= 0.3 is 0 Å². The van der Waals surface area contributed by atoms with Crippen molar-refractivity contribution in [3.8, 4) is 0 Å². The molecule has 104 valence electrons. The summed E-state index contributed by atoms with van der Waals surface area (Å²) >= 11 is 1.71. The van der Waals surface area contributed by atoms with Crippen LogP contribution in [0, 0.1) is 6.92 Å². The highest BCUT2D eigenvalue weighted by Gasteiger charge is 2.04. The SMILES string of the molecule is CCC(C)n1ccc(CNCCc2csc(C)n2)n1. The molecule has 0 fully saturated rings. The molecule has 0 saturated carbocycles. The van der Waals surface area contributed by atoms with Crippen LogP contribution in [-0.2, 0) is 13.0 Å². The van der Waals surface area contributed by atoms with Crippen molar-refractivity contribution in [1.82, 2.24) is 20.1 Å². The van der Waals surface area contributed by atoms with Gasteiger partial charge in [0.2, 0.25) is 0 Å². The first kappa shape index (κ1) is 14.2. The number of nitrogens with zero attached hydrogens (tertiary/aromatic N) is 3. The van der Waals surface area contributed by atoms with Crippen molar-refractivity contribution < 1.29 is 0 Å². The quantitative estimate of drug-likeness (QED) is 0.792. The van der Waals surface area contributed by atoms with Crippen LogP contribution in [0.2, 0.25) is 0 Å². The van der Waals surface area contributed by atoms with Crippen LogP contribution in [0.5, 0.6) is 0 Å². The van der Waals surface area contributed by atoms with E-state index in [2.05, 4.69) is 46.9 Å². The Balaban J connectivity index is 1.72. The highest BCUT2D eigenvalue weighted by atomic mass is 32.1. The molecule has 1 unspecified atom stereocenters. The smallest absolute Gasteiger partial charge is 0.0897 e. The van der Waals surface area contributed by atoms with Gasteiger partial charge in [-0.3, -0.25) is 4.68 Å². The van der Waals surface area contributed by atoms with Crippen molar-refractivity contribution >= 4 is 11.3 Å². The Morgan fingerprint density at radius 3 is 2.95 bits per heavy atom. The highest BCUT2D eigenvalue weighted by Crippen LogP contribution is 2.09. The first-order valence-corrected chi connectivity index (χ1v) is 7.72. The van der Waals surface area contributed by atoms with Crippen LogP contribution in [-0.4, -0.2) is 21.3 Å². The molecule has 0 amide bonds. The van der Waals surface area contributed by atoms with Crippen molar-refractivity contribution in [1.29, 1.82) is 0 Å². The van der Waals surface area contributed by atoms with Gasteiger partial charge in [0.05, 0.1) is 16.4 Å². The van der Waals surface area contributed by atoms with Gasteiger partial charge in [0, 0.05) is 37.1 Å². The van der Waals surface area contributed by atoms with Crippen molar-refractivity contribution in [2.45, 2.75) is 46.2 Å². The summed E-state index contributed by atoms with van der Waals surface area (Å²) in [7, 11) is 0.